The molecular formula is C12H12ClN3O3. The highest BCUT2D eigenvalue weighted by atomic mass is 35.5. The number of nitro groups is 1. The first-order valence-corrected chi connectivity index (χ1v) is 6.27. The van der Waals surface area contributed by atoms with Crippen LogP contribution in [0, 0.1) is 10.1 Å². The smallest absolute Gasteiger partial charge is 0.287 e. The van der Waals surface area contributed by atoms with Gasteiger partial charge in [-0.2, -0.15) is 0 Å². The van der Waals surface area contributed by atoms with Gasteiger partial charge in [-0.15, -0.1) is 0 Å². The predicted octanol–water partition coefficient (Wildman–Crippen LogP) is 2.76. The number of pyridine rings is 2. The van der Waals surface area contributed by atoms with Gasteiger partial charge in [-0.25, -0.2) is 4.98 Å². The number of halogens is 1. The molecule has 100 valence electrons. The van der Waals surface area contributed by atoms with Crippen molar-refractivity contribution in [3.8, 4) is 0 Å². The number of fused-ring (bicyclic) bond motifs is 1. The number of hydrogen-bond acceptors (Lipinski definition) is 4. The molecule has 0 aliphatic heterocycles. The summed E-state index contributed by atoms with van der Waals surface area (Å²) < 4.78 is 1.32. The van der Waals surface area contributed by atoms with Crippen molar-refractivity contribution in [2.75, 3.05) is 0 Å². The molecule has 0 unspecified atom stereocenters. The molecule has 0 aromatic carbocycles. The highest BCUT2D eigenvalue weighted by molar-refractivity contribution is 6.37. The fraction of sp³-hybridized carbons (Fsp3) is 0.333. The molecule has 2 aromatic heterocycles. The molecule has 2 heterocycles. The van der Waals surface area contributed by atoms with Crippen molar-refractivity contribution in [2.24, 2.45) is 0 Å². The van der Waals surface area contributed by atoms with Gasteiger partial charge in [0.25, 0.3) is 0 Å². The minimum Gasteiger partial charge on any atom is -0.287 e. The van der Waals surface area contributed by atoms with E-state index in [2.05, 4.69) is 4.98 Å². The molecule has 0 fully saturated rings. The Kier molecular flexibility index (Phi) is 3.80. The number of hydrogen-bond donors (Lipinski definition) is 0. The van der Waals surface area contributed by atoms with Crippen molar-refractivity contribution in [3.63, 3.8) is 0 Å². The lowest BCUT2D eigenvalue weighted by Crippen LogP contribution is -2.24. The highest BCUT2D eigenvalue weighted by Gasteiger charge is 2.24. The second kappa shape index (κ2) is 5.36. The average molecular weight is 282 g/mol. The van der Waals surface area contributed by atoms with Gasteiger partial charge in [-0.3, -0.25) is 19.5 Å². The van der Waals surface area contributed by atoms with Gasteiger partial charge in [-0.1, -0.05) is 24.9 Å². The first kappa shape index (κ1) is 13.5. The third-order valence-corrected chi connectivity index (χ3v) is 3.23. The van der Waals surface area contributed by atoms with E-state index in [0.717, 1.165) is 12.8 Å². The normalized spacial score (nSPS) is 10.8. The van der Waals surface area contributed by atoms with E-state index < -0.39 is 16.2 Å². The van der Waals surface area contributed by atoms with E-state index in [0.29, 0.717) is 17.6 Å². The van der Waals surface area contributed by atoms with Crippen LogP contribution in [0.2, 0.25) is 5.02 Å². The van der Waals surface area contributed by atoms with E-state index in [4.69, 9.17) is 11.6 Å². The molecule has 0 aliphatic carbocycles. The lowest BCUT2D eigenvalue weighted by molar-refractivity contribution is -0.386. The van der Waals surface area contributed by atoms with E-state index in [1.807, 2.05) is 6.92 Å². The molecule has 0 spiro atoms. The Labute approximate surface area is 113 Å². The summed E-state index contributed by atoms with van der Waals surface area (Å²) in [5.74, 6) is 0. The topological polar surface area (TPSA) is 78.0 Å². The highest BCUT2D eigenvalue weighted by Crippen LogP contribution is 2.28. The van der Waals surface area contributed by atoms with Crippen molar-refractivity contribution in [3.05, 3.63) is 43.8 Å². The Morgan fingerprint density at radius 3 is 2.89 bits per heavy atom. The largest absolute Gasteiger partial charge is 0.353 e. The molecule has 0 N–H and O–H groups in total. The maximum absolute atomic E-state index is 12.1. The Morgan fingerprint density at radius 1 is 1.53 bits per heavy atom. The minimum absolute atomic E-state index is 0.147. The van der Waals surface area contributed by atoms with Gasteiger partial charge in [0.1, 0.15) is 10.7 Å². The summed E-state index contributed by atoms with van der Waals surface area (Å²) in [4.78, 5) is 26.5. The summed E-state index contributed by atoms with van der Waals surface area (Å²) in [5, 5.41) is 11.3. The second-order valence-corrected chi connectivity index (χ2v) is 4.48. The van der Waals surface area contributed by atoms with Crippen molar-refractivity contribution < 1.29 is 4.92 Å². The lowest BCUT2D eigenvalue weighted by atomic mass is 10.2. The van der Waals surface area contributed by atoms with Crippen molar-refractivity contribution in [1.82, 2.24) is 9.55 Å². The minimum atomic E-state index is -0.737. The summed E-state index contributed by atoms with van der Waals surface area (Å²) in [7, 11) is 0. The van der Waals surface area contributed by atoms with E-state index in [1.54, 1.807) is 12.1 Å². The van der Waals surface area contributed by atoms with Crippen LogP contribution in [0.1, 0.15) is 19.8 Å². The van der Waals surface area contributed by atoms with E-state index in [9.17, 15) is 14.9 Å². The molecule has 0 bridgehead atoms. The first-order valence-electron chi connectivity index (χ1n) is 5.89. The van der Waals surface area contributed by atoms with Crippen LogP contribution < -0.4 is 5.56 Å². The zero-order chi connectivity index (χ0) is 14.0. The molecule has 0 radical (unpaired) electrons. The molecule has 7 heteroatoms. The fourth-order valence-corrected chi connectivity index (χ4v) is 2.21. The van der Waals surface area contributed by atoms with Crippen LogP contribution in [-0.2, 0) is 6.54 Å². The number of unbranched alkanes of at least 4 members (excludes halogenated alkanes) is 1. The van der Waals surface area contributed by atoms with Gasteiger partial charge in [0.15, 0.2) is 0 Å². The van der Waals surface area contributed by atoms with E-state index >= 15 is 0 Å². The van der Waals surface area contributed by atoms with Crippen LogP contribution in [0.15, 0.2) is 23.1 Å². The van der Waals surface area contributed by atoms with E-state index in [1.165, 1.54) is 10.8 Å². The van der Waals surface area contributed by atoms with Crippen LogP contribution in [0.4, 0.5) is 5.69 Å². The van der Waals surface area contributed by atoms with Gasteiger partial charge >= 0.3 is 11.2 Å². The summed E-state index contributed by atoms with van der Waals surface area (Å²) in [5.41, 5.74) is -0.899. The van der Waals surface area contributed by atoms with Crippen molar-refractivity contribution >= 4 is 28.3 Å². The zero-order valence-electron chi connectivity index (χ0n) is 10.3. The van der Waals surface area contributed by atoms with Gasteiger partial charge in [-0.05, 0) is 18.6 Å². The Morgan fingerprint density at radius 2 is 2.26 bits per heavy atom. The van der Waals surface area contributed by atoms with Gasteiger partial charge in [0.05, 0.1) is 4.92 Å². The molecule has 0 amide bonds. The van der Waals surface area contributed by atoms with Crippen LogP contribution in [0.5, 0.6) is 0 Å². The molecule has 19 heavy (non-hydrogen) atoms. The molecule has 0 saturated heterocycles. The van der Waals surface area contributed by atoms with Gasteiger partial charge in [0.2, 0.25) is 0 Å². The Bertz CT molecular complexity index is 696. The number of aryl methyl sites for hydroxylation is 1. The predicted molar refractivity (Wildman–Crippen MR) is 72.6 cm³/mol. The number of nitrogens with zero attached hydrogens (tertiary/aromatic N) is 3. The SMILES string of the molecule is CCCCn1c(=O)c([N+](=O)[O-])c(Cl)c2cccnc21. The zero-order valence-corrected chi connectivity index (χ0v) is 11.1. The van der Waals surface area contributed by atoms with Crippen molar-refractivity contribution in [2.45, 2.75) is 26.3 Å². The fourth-order valence-electron chi connectivity index (χ4n) is 1.91. The Hall–Kier alpha value is -1.95. The lowest BCUT2D eigenvalue weighted by Gasteiger charge is -2.09. The molecule has 2 rings (SSSR count). The molecule has 0 atom stereocenters. The first-order chi connectivity index (χ1) is 9.07. The quantitative estimate of drug-likeness (QED) is 0.637. The summed E-state index contributed by atoms with van der Waals surface area (Å²) in [6.07, 6.45) is 3.15. The van der Waals surface area contributed by atoms with Crippen LogP contribution in [0.25, 0.3) is 11.0 Å². The molecular weight excluding hydrogens is 270 g/mol. The van der Waals surface area contributed by atoms with Crippen LogP contribution >= 0.6 is 11.6 Å². The maximum atomic E-state index is 12.1. The standard InChI is InChI=1S/C12H12ClN3O3/c1-2-3-7-15-11-8(5-4-6-14-11)9(13)10(12(15)17)16(18)19/h4-6H,2-3,7H2,1H3. The maximum Gasteiger partial charge on any atom is 0.353 e. The number of rotatable bonds is 4. The van der Waals surface area contributed by atoms with Crippen LogP contribution in [-0.4, -0.2) is 14.5 Å². The monoisotopic (exact) mass is 281 g/mol. The van der Waals surface area contributed by atoms with E-state index in [-0.39, 0.29) is 5.02 Å². The average Bonchev–Trinajstić information content (AvgIpc) is 2.38. The Balaban J connectivity index is 2.84. The van der Waals surface area contributed by atoms with Crippen LogP contribution in [0.3, 0.4) is 0 Å². The second-order valence-electron chi connectivity index (χ2n) is 4.10. The summed E-state index contributed by atoms with van der Waals surface area (Å²) in [6, 6.07) is 3.26. The molecule has 6 nitrogen and oxygen atoms in total. The molecule has 0 saturated carbocycles. The third kappa shape index (κ3) is 2.31. The number of aromatic nitrogens is 2. The third-order valence-electron chi connectivity index (χ3n) is 2.85. The van der Waals surface area contributed by atoms with Crippen molar-refractivity contribution in [1.29, 1.82) is 0 Å². The van der Waals surface area contributed by atoms with Gasteiger partial charge < -0.3 is 0 Å². The molecule has 0 aliphatic rings. The van der Waals surface area contributed by atoms with Gasteiger partial charge in [0, 0.05) is 18.1 Å². The summed E-state index contributed by atoms with van der Waals surface area (Å²) >= 11 is 5.95. The molecule has 2 aromatic rings. The summed E-state index contributed by atoms with van der Waals surface area (Å²) in [6.45, 7) is 2.37.